The van der Waals surface area contributed by atoms with Crippen LogP contribution < -0.4 is 5.32 Å². The van der Waals surface area contributed by atoms with E-state index in [0.717, 1.165) is 28.8 Å². The van der Waals surface area contributed by atoms with Crippen LogP contribution in [0.5, 0.6) is 0 Å². The summed E-state index contributed by atoms with van der Waals surface area (Å²) in [6, 6.07) is 10.0. The molecule has 26 heavy (non-hydrogen) atoms. The van der Waals surface area contributed by atoms with Gasteiger partial charge in [-0.05, 0) is 26.8 Å². The van der Waals surface area contributed by atoms with Crippen LogP contribution in [-0.4, -0.2) is 36.2 Å². The summed E-state index contributed by atoms with van der Waals surface area (Å²) in [5.41, 5.74) is 3.07. The quantitative estimate of drug-likeness (QED) is 0.675. The van der Waals surface area contributed by atoms with E-state index >= 15 is 0 Å². The molecular formula is C18H22N6OS. The van der Waals surface area contributed by atoms with Crippen LogP contribution in [0, 0.1) is 13.8 Å². The predicted molar refractivity (Wildman–Crippen MR) is 103 cm³/mol. The van der Waals surface area contributed by atoms with Crippen LogP contribution in [0.25, 0.3) is 11.4 Å². The first kappa shape index (κ1) is 18.2. The zero-order valence-corrected chi connectivity index (χ0v) is 16.2. The molecule has 8 heteroatoms. The Morgan fingerprint density at radius 2 is 2.04 bits per heavy atom. The molecule has 0 saturated heterocycles. The summed E-state index contributed by atoms with van der Waals surface area (Å²) < 4.78 is 3.68. The van der Waals surface area contributed by atoms with E-state index in [1.54, 1.807) is 11.7 Å². The molecule has 0 aliphatic carbocycles. The van der Waals surface area contributed by atoms with Gasteiger partial charge in [-0.3, -0.25) is 9.48 Å². The molecule has 3 aromatic rings. The summed E-state index contributed by atoms with van der Waals surface area (Å²) in [5.74, 6) is 1.67. The number of anilines is 1. The molecule has 2 heterocycles. The average molecular weight is 370 g/mol. The summed E-state index contributed by atoms with van der Waals surface area (Å²) in [5, 5.41) is 16.4. The molecule has 3 rings (SSSR count). The highest BCUT2D eigenvalue weighted by molar-refractivity contribution is 7.99. The van der Waals surface area contributed by atoms with Gasteiger partial charge >= 0.3 is 0 Å². The number of benzene rings is 1. The molecule has 0 fully saturated rings. The molecule has 0 aliphatic heterocycles. The monoisotopic (exact) mass is 370 g/mol. The Kier molecular flexibility index (Phi) is 5.41. The highest BCUT2D eigenvalue weighted by Gasteiger charge is 2.15. The standard InChI is InChI=1S/C18H22N6OS/c1-5-24-17(14-8-6-7-12(2)9-14)20-21-18(24)26-11-16(25)19-15-10-13(3)22-23(15)4/h6-10H,5,11H2,1-4H3,(H,19,25). The summed E-state index contributed by atoms with van der Waals surface area (Å²) >= 11 is 1.38. The van der Waals surface area contributed by atoms with Crippen molar-refractivity contribution in [3.63, 3.8) is 0 Å². The first-order valence-electron chi connectivity index (χ1n) is 8.41. The van der Waals surface area contributed by atoms with E-state index in [4.69, 9.17) is 0 Å². The molecule has 136 valence electrons. The molecule has 0 radical (unpaired) electrons. The Morgan fingerprint density at radius 3 is 2.69 bits per heavy atom. The minimum Gasteiger partial charge on any atom is -0.310 e. The van der Waals surface area contributed by atoms with Crippen LogP contribution in [-0.2, 0) is 18.4 Å². The van der Waals surface area contributed by atoms with E-state index in [1.165, 1.54) is 17.3 Å². The summed E-state index contributed by atoms with van der Waals surface area (Å²) in [7, 11) is 1.80. The molecular weight excluding hydrogens is 348 g/mol. The second-order valence-corrected chi connectivity index (χ2v) is 6.99. The number of hydrogen-bond acceptors (Lipinski definition) is 5. The van der Waals surface area contributed by atoms with E-state index in [9.17, 15) is 4.79 Å². The zero-order valence-electron chi connectivity index (χ0n) is 15.4. The Bertz CT molecular complexity index is 930. The molecule has 0 aliphatic rings. The lowest BCUT2D eigenvalue weighted by molar-refractivity contribution is -0.113. The largest absolute Gasteiger partial charge is 0.310 e. The molecule has 0 unspecified atom stereocenters. The number of nitrogens with one attached hydrogen (secondary N) is 1. The van der Waals surface area contributed by atoms with Crippen molar-refractivity contribution in [1.82, 2.24) is 24.5 Å². The maximum atomic E-state index is 12.2. The van der Waals surface area contributed by atoms with Gasteiger partial charge in [0.2, 0.25) is 5.91 Å². The Morgan fingerprint density at radius 1 is 1.23 bits per heavy atom. The van der Waals surface area contributed by atoms with Crippen molar-refractivity contribution in [3.8, 4) is 11.4 Å². The number of amides is 1. The second kappa shape index (κ2) is 7.74. The van der Waals surface area contributed by atoms with Crippen molar-refractivity contribution in [1.29, 1.82) is 0 Å². The van der Waals surface area contributed by atoms with Crippen LogP contribution in [0.15, 0.2) is 35.5 Å². The smallest absolute Gasteiger partial charge is 0.235 e. The average Bonchev–Trinajstić information content (AvgIpc) is 3.15. The Labute approximate surface area is 156 Å². The van der Waals surface area contributed by atoms with E-state index in [-0.39, 0.29) is 11.7 Å². The lowest BCUT2D eigenvalue weighted by Gasteiger charge is -2.08. The third-order valence-corrected chi connectivity index (χ3v) is 4.88. The van der Waals surface area contributed by atoms with Gasteiger partial charge in [-0.25, -0.2) is 0 Å². The van der Waals surface area contributed by atoms with Crippen LogP contribution in [0.4, 0.5) is 5.82 Å². The van der Waals surface area contributed by atoms with E-state index < -0.39 is 0 Å². The van der Waals surface area contributed by atoms with Gasteiger partial charge in [-0.1, -0.05) is 35.5 Å². The number of rotatable bonds is 6. The minimum atomic E-state index is -0.0965. The van der Waals surface area contributed by atoms with Gasteiger partial charge in [0.15, 0.2) is 11.0 Å². The maximum absolute atomic E-state index is 12.2. The summed E-state index contributed by atoms with van der Waals surface area (Å²) in [6.07, 6.45) is 0. The van der Waals surface area contributed by atoms with Gasteiger partial charge in [0.05, 0.1) is 11.4 Å². The van der Waals surface area contributed by atoms with Gasteiger partial charge in [0.25, 0.3) is 0 Å². The van der Waals surface area contributed by atoms with E-state index in [0.29, 0.717) is 5.82 Å². The van der Waals surface area contributed by atoms with Gasteiger partial charge < -0.3 is 9.88 Å². The lowest BCUT2D eigenvalue weighted by atomic mass is 10.1. The number of nitrogens with zero attached hydrogens (tertiary/aromatic N) is 5. The van der Waals surface area contributed by atoms with Gasteiger partial charge in [-0.2, -0.15) is 5.10 Å². The third-order valence-electron chi connectivity index (χ3n) is 3.91. The molecule has 0 spiro atoms. The van der Waals surface area contributed by atoms with Crippen molar-refractivity contribution in [2.24, 2.45) is 7.05 Å². The number of carbonyl (C=O) groups is 1. The second-order valence-electron chi connectivity index (χ2n) is 6.05. The number of hydrogen-bond donors (Lipinski definition) is 1. The zero-order chi connectivity index (χ0) is 18.7. The number of thioether (sulfide) groups is 1. The molecule has 0 atom stereocenters. The van der Waals surface area contributed by atoms with Crippen molar-refractivity contribution >= 4 is 23.5 Å². The molecule has 7 nitrogen and oxygen atoms in total. The molecule has 0 bridgehead atoms. The Balaban J connectivity index is 1.70. The van der Waals surface area contributed by atoms with Crippen LogP contribution in [0.2, 0.25) is 0 Å². The normalized spacial score (nSPS) is 10.9. The van der Waals surface area contributed by atoms with E-state index in [1.807, 2.05) is 36.6 Å². The van der Waals surface area contributed by atoms with Crippen LogP contribution in [0.3, 0.4) is 0 Å². The van der Waals surface area contributed by atoms with Crippen molar-refractivity contribution in [2.45, 2.75) is 32.5 Å². The summed E-state index contributed by atoms with van der Waals surface area (Å²) in [4.78, 5) is 12.2. The van der Waals surface area contributed by atoms with Gasteiger partial charge in [0, 0.05) is 25.2 Å². The molecule has 1 N–H and O–H groups in total. The molecule has 1 aromatic carbocycles. The minimum absolute atomic E-state index is 0.0965. The van der Waals surface area contributed by atoms with Gasteiger partial charge in [-0.15, -0.1) is 10.2 Å². The van der Waals surface area contributed by atoms with Crippen LogP contribution >= 0.6 is 11.8 Å². The molecule has 0 saturated carbocycles. The maximum Gasteiger partial charge on any atom is 0.235 e. The fraction of sp³-hybridized carbons (Fsp3) is 0.333. The van der Waals surface area contributed by atoms with Crippen molar-refractivity contribution < 1.29 is 4.79 Å². The van der Waals surface area contributed by atoms with Gasteiger partial charge in [0.1, 0.15) is 5.82 Å². The lowest BCUT2D eigenvalue weighted by Crippen LogP contribution is -2.16. The first-order valence-corrected chi connectivity index (χ1v) is 9.40. The number of carbonyl (C=O) groups excluding carboxylic acids is 1. The third kappa shape index (κ3) is 3.96. The fourth-order valence-electron chi connectivity index (χ4n) is 2.71. The fourth-order valence-corrected chi connectivity index (χ4v) is 3.52. The Hall–Kier alpha value is -2.61. The summed E-state index contributed by atoms with van der Waals surface area (Å²) in [6.45, 7) is 6.73. The number of aromatic nitrogens is 5. The first-order chi connectivity index (χ1) is 12.5. The van der Waals surface area contributed by atoms with Crippen molar-refractivity contribution in [3.05, 3.63) is 41.6 Å². The predicted octanol–water partition coefficient (Wildman–Crippen LogP) is 3.05. The number of aryl methyl sites for hydroxylation is 3. The molecule has 1 amide bonds. The molecule has 2 aromatic heterocycles. The topological polar surface area (TPSA) is 77.6 Å². The SMILES string of the molecule is CCn1c(SCC(=O)Nc2cc(C)nn2C)nnc1-c1cccc(C)c1. The van der Waals surface area contributed by atoms with E-state index in [2.05, 4.69) is 39.7 Å². The van der Waals surface area contributed by atoms with Crippen LogP contribution in [0.1, 0.15) is 18.2 Å². The van der Waals surface area contributed by atoms with Crippen molar-refractivity contribution in [2.75, 3.05) is 11.1 Å². The highest BCUT2D eigenvalue weighted by Crippen LogP contribution is 2.24. The highest BCUT2D eigenvalue weighted by atomic mass is 32.2.